The fraction of sp³-hybridized carbons (Fsp3) is 0.333. The molecule has 18 heavy (non-hydrogen) atoms. The van der Waals surface area contributed by atoms with E-state index in [9.17, 15) is 9.59 Å². The van der Waals surface area contributed by atoms with Crippen LogP contribution in [0.3, 0.4) is 0 Å². The average molecular weight is 241 g/mol. The zero-order valence-electron chi connectivity index (χ0n) is 10.4. The van der Waals surface area contributed by atoms with Crippen molar-refractivity contribution in [1.29, 1.82) is 0 Å². The van der Waals surface area contributed by atoms with Crippen molar-refractivity contribution in [1.82, 2.24) is 4.90 Å². The number of rotatable bonds is 1. The first kappa shape index (κ1) is 11.2. The van der Waals surface area contributed by atoms with Crippen LogP contribution in [0.1, 0.15) is 29.5 Å². The third-order valence-corrected chi connectivity index (χ3v) is 3.79. The number of likely N-dealkylation sites (N-methyl/N-ethyl adjacent to an activating group) is 1. The van der Waals surface area contributed by atoms with Crippen LogP contribution in [0.5, 0.6) is 0 Å². The summed E-state index contributed by atoms with van der Waals surface area (Å²) in [5.41, 5.74) is 4.11. The summed E-state index contributed by atoms with van der Waals surface area (Å²) >= 11 is 0. The van der Waals surface area contributed by atoms with Crippen LogP contribution in [0.2, 0.25) is 0 Å². The highest BCUT2D eigenvalue weighted by atomic mass is 16.2. The van der Waals surface area contributed by atoms with E-state index in [1.807, 2.05) is 6.07 Å². The van der Waals surface area contributed by atoms with Gasteiger partial charge in [-0.05, 0) is 42.4 Å². The number of aryl methyl sites for hydroxylation is 2. The van der Waals surface area contributed by atoms with E-state index in [2.05, 4.69) is 12.1 Å². The van der Waals surface area contributed by atoms with E-state index in [0.717, 1.165) is 23.3 Å². The third kappa shape index (κ3) is 1.67. The Labute approximate surface area is 106 Å². The molecule has 0 saturated heterocycles. The minimum absolute atomic E-state index is 0.198. The SMILES string of the molecule is CN1C(=O)C=C(c2ccc3c(c2)CCCC3)C1=O. The standard InChI is InChI=1S/C15H15NO2/c1-16-14(17)9-13(15(16)18)12-7-6-10-4-2-3-5-11(10)8-12/h6-9H,2-5H2,1H3. The van der Waals surface area contributed by atoms with Gasteiger partial charge in [-0.15, -0.1) is 0 Å². The molecule has 92 valence electrons. The maximum absolute atomic E-state index is 11.9. The van der Waals surface area contributed by atoms with Crippen molar-refractivity contribution in [2.24, 2.45) is 0 Å². The second-order valence-electron chi connectivity index (χ2n) is 4.95. The molecule has 3 nitrogen and oxygen atoms in total. The maximum Gasteiger partial charge on any atom is 0.261 e. The Balaban J connectivity index is 2.01. The summed E-state index contributed by atoms with van der Waals surface area (Å²) in [5, 5.41) is 0. The smallest absolute Gasteiger partial charge is 0.261 e. The predicted octanol–water partition coefficient (Wildman–Crippen LogP) is 1.95. The van der Waals surface area contributed by atoms with Gasteiger partial charge in [0.1, 0.15) is 0 Å². The van der Waals surface area contributed by atoms with Gasteiger partial charge in [-0.25, -0.2) is 0 Å². The zero-order chi connectivity index (χ0) is 12.7. The molecule has 2 aliphatic rings. The summed E-state index contributed by atoms with van der Waals surface area (Å²) in [5.74, 6) is -0.427. The Hall–Kier alpha value is -1.90. The van der Waals surface area contributed by atoms with E-state index in [1.165, 1.54) is 37.1 Å². The van der Waals surface area contributed by atoms with Crippen molar-refractivity contribution in [3.63, 3.8) is 0 Å². The highest BCUT2D eigenvalue weighted by Crippen LogP contribution is 2.28. The summed E-state index contributed by atoms with van der Waals surface area (Å²) in [6.45, 7) is 0. The van der Waals surface area contributed by atoms with Crippen LogP contribution in [0.4, 0.5) is 0 Å². The van der Waals surface area contributed by atoms with Gasteiger partial charge in [-0.3, -0.25) is 14.5 Å². The summed E-state index contributed by atoms with van der Waals surface area (Å²) < 4.78 is 0. The van der Waals surface area contributed by atoms with Crippen LogP contribution in [0.15, 0.2) is 24.3 Å². The highest BCUT2D eigenvalue weighted by Gasteiger charge is 2.28. The quantitative estimate of drug-likeness (QED) is 0.705. The van der Waals surface area contributed by atoms with Crippen molar-refractivity contribution in [2.75, 3.05) is 7.05 Å². The van der Waals surface area contributed by atoms with E-state index in [0.29, 0.717) is 5.57 Å². The summed E-state index contributed by atoms with van der Waals surface area (Å²) in [6.07, 6.45) is 6.10. The number of nitrogens with zero attached hydrogens (tertiary/aromatic N) is 1. The summed E-state index contributed by atoms with van der Waals surface area (Å²) in [6, 6.07) is 6.13. The number of carbonyl (C=O) groups is 2. The fourth-order valence-corrected chi connectivity index (χ4v) is 2.67. The highest BCUT2D eigenvalue weighted by molar-refractivity contribution is 6.33. The van der Waals surface area contributed by atoms with Gasteiger partial charge in [-0.2, -0.15) is 0 Å². The van der Waals surface area contributed by atoms with Gasteiger partial charge in [0.05, 0.1) is 5.57 Å². The minimum atomic E-state index is -0.229. The topological polar surface area (TPSA) is 37.4 Å². The van der Waals surface area contributed by atoms with Crippen molar-refractivity contribution in [2.45, 2.75) is 25.7 Å². The van der Waals surface area contributed by atoms with Gasteiger partial charge in [0.15, 0.2) is 0 Å². The number of imide groups is 1. The number of hydrogen-bond acceptors (Lipinski definition) is 2. The van der Waals surface area contributed by atoms with E-state index < -0.39 is 0 Å². The van der Waals surface area contributed by atoms with Gasteiger partial charge in [0.25, 0.3) is 11.8 Å². The number of amides is 2. The van der Waals surface area contributed by atoms with Crippen molar-refractivity contribution in [3.8, 4) is 0 Å². The molecule has 0 aromatic heterocycles. The van der Waals surface area contributed by atoms with Crippen molar-refractivity contribution >= 4 is 17.4 Å². The molecule has 0 saturated carbocycles. The molecule has 1 heterocycles. The van der Waals surface area contributed by atoms with Crippen molar-refractivity contribution in [3.05, 3.63) is 41.0 Å². The fourth-order valence-electron chi connectivity index (χ4n) is 2.67. The van der Waals surface area contributed by atoms with Crippen LogP contribution in [0, 0.1) is 0 Å². The molecule has 3 rings (SSSR count). The average Bonchev–Trinajstić information content (AvgIpc) is 2.66. The molecule has 0 N–H and O–H groups in total. The lowest BCUT2D eigenvalue weighted by atomic mass is 9.89. The van der Waals surface area contributed by atoms with Gasteiger partial charge < -0.3 is 0 Å². The Bertz CT molecular complexity index is 572. The monoisotopic (exact) mass is 241 g/mol. The molecular formula is C15H15NO2. The van der Waals surface area contributed by atoms with Gasteiger partial charge in [-0.1, -0.05) is 18.2 Å². The Morgan fingerprint density at radius 2 is 1.78 bits per heavy atom. The Morgan fingerprint density at radius 1 is 1.06 bits per heavy atom. The van der Waals surface area contributed by atoms with Crippen LogP contribution in [-0.2, 0) is 22.4 Å². The van der Waals surface area contributed by atoms with E-state index in [-0.39, 0.29) is 11.8 Å². The maximum atomic E-state index is 11.9. The second kappa shape index (κ2) is 4.09. The molecule has 0 radical (unpaired) electrons. The second-order valence-corrected chi connectivity index (χ2v) is 4.95. The van der Waals surface area contributed by atoms with E-state index in [1.54, 1.807) is 0 Å². The summed E-state index contributed by atoms with van der Waals surface area (Å²) in [7, 11) is 1.52. The van der Waals surface area contributed by atoms with Crippen LogP contribution < -0.4 is 0 Å². The molecule has 0 unspecified atom stereocenters. The van der Waals surface area contributed by atoms with E-state index >= 15 is 0 Å². The van der Waals surface area contributed by atoms with Crippen LogP contribution >= 0.6 is 0 Å². The lowest BCUT2D eigenvalue weighted by Crippen LogP contribution is -2.25. The first-order valence-corrected chi connectivity index (χ1v) is 6.33. The Morgan fingerprint density at radius 3 is 2.44 bits per heavy atom. The van der Waals surface area contributed by atoms with Gasteiger partial charge in [0.2, 0.25) is 0 Å². The molecule has 1 aromatic carbocycles. The van der Waals surface area contributed by atoms with Crippen LogP contribution in [0.25, 0.3) is 5.57 Å². The molecule has 1 aromatic rings. The van der Waals surface area contributed by atoms with Crippen LogP contribution in [-0.4, -0.2) is 23.8 Å². The molecule has 0 atom stereocenters. The molecular weight excluding hydrogens is 226 g/mol. The molecule has 1 aliphatic carbocycles. The van der Waals surface area contributed by atoms with E-state index in [4.69, 9.17) is 0 Å². The number of carbonyl (C=O) groups excluding carboxylic acids is 2. The number of fused-ring (bicyclic) bond motifs is 1. The van der Waals surface area contributed by atoms with Gasteiger partial charge >= 0.3 is 0 Å². The largest absolute Gasteiger partial charge is 0.278 e. The summed E-state index contributed by atoms with van der Waals surface area (Å²) in [4.78, 5) is 24.6. The molecule has 3 heteroatoms. The molecule has 0 spiro atoms. The predicted molar refractivity (Wildman–Crippen MR) is 68.8 cm³/mol. The molecule has 1 aliphatic heterocycles. The number of hydrogen-bond donors (Lipinski definition) is 0. The molecule has 2 amide bonds. The number of benzene rings is 1. The first-order chi connectivity index (χ1) is 8.66. The van der Waals surface area contributed by atoms with Crippen molar-refractivity contribution < 1.29 is 9.59 Å². The minimum Gasteiger partial charge on any atom is -0.278 e. The third-order valence-electron chi connectivity index (χ3n) is 3.79. The van der Waals surface area contributed by atoms with Gasteiger partial charge in [0, 0.05) is 13.1 Å². The zero-order valence-corrected chi connectivity index (χ0v) is 10.4. The first-order valence-electron chi connectivity index (χ1n) is 6.33. The molecule has 0 fully saturated rings. The normalized spacial score (nSPS) is 18.9. The lowest BCUT2D eigenvalue weighted by Gasteiger charge is -2.16. The Kier molecular flexibility index (Phi) is 2.54. The molecule has 0 bridgehead atoms. The lowest BCUT2D eigenvalue weighted by molar-refractivity contribution is -0.134.